The lowest BCUT2D eigenvalue weighted by molar-refractivity contribution is -0.190. The van der Waals surface area contributed by atoms with Crippen LogP contribution in [0.5, 0.6) is 0 Å². The molecule has 0 aromatic rings. The van der Waals surface area contributed by atoms with E-state index in [9.17, 15) is 0 Å². The average Bonchev–Trinajstić information content (AvgIpc) is 2.63. The van der Waals surface area contributed by atoms with Crippen LogP contribution in [0.4, 0.5) is 0 Å². The molecule has 1 spiro atoms. The Morgan fingerprint density at radius 3 is 2.57 bits per heavy atom. The maximum atomic E-state index is 5.96. The molecule has 0 N–H and O–H groups in total. The first-order valence-electron chi connectivity index (χ1n) is 5.66. The zero-order chi connectivity index (χ0) is 10.0. The van der Waals surface area contributed by atoms with Gasteiger partial charge >= 0.3 is 0 Å². The van der Waals surface area contributed by atoms with Crippen molar-refractivity contribution in [2.45, 2.75) is 50.9 Å². The third-order valence-electron chi connectivity index (χ3n) is 3.53. The van der Waals surface area contributed by atoms with Gasteiger partial charge in [0, 0.05) is 18.2 Å². The normalized spacial score (nSPS) is 43.3. The summed E-state index contributed by atoms with van der Waals surface area (Å²) in [7, 11) is 0. The van der Waals surface area contributed by atoms with Crippen molar-refractivity contribution in [1.82, 2.24) is 0 Å². The molecule has 0 aromatic heterocycles. The van der Waals surface area contributed by atoms with Crippen LogP contribution in [-0.4, -0.2) is 23.8 Å². The van der Waals surface area contributed by atoms with Gasteiger partial charge in [-0.1, -0.05) is 29.3 Å². The van der Waals surface area contributed by atoms with Crippen LogP contribution in [0.15, 0.2) is 0 Å². The molecule has 1 aliphatic carbocycles. The monoisotopic (exact) mass is 262 g/mol. The number of hydrogen-bond acceptors (Lipinski definition) is 2. The van der Waals surface area contributed by atoms with Crippen molar-refractivity contribution < 1.29 is 9.47 Å². The van der Waals surface area contributed by atoms with E-state index in [1.54, 1.807) is 0 Å². The molecule has 82 valence electrons. The summed E-state index contributed by atoms with van der Waals surface area (Å²) in [5.74, 6) is 0.695. The van der Waals surface area contributed by atoms with E-state index in [-0.39, 0.29) is 11.9 Å². The molecule has 1 unspecified atom stereocenters. The molecule has 3 heteroatoms. The second kappa shape index (κ2) is 4.50. The number of halogens is 1. The van der Waals surface area contributed by atoms with Gasteiger partial charge in [-0.25, -0.2) is 0 Å². The lowest BCUT2D eigenvalue weighted by atomic mass is 9.84. The van der Waals surface area contributed by atoms with E-state index in [1.165, 1.54) is 19.3 Å². The SMILES string of the molecule is CCC1CCC2(CC1)OCC(CBr)O2. The summed E-state index contributed by atoms with van der Waals surface area (Å²) >= 11 is 3.45. The second-order valence-electron chi connectivity index (χ2n) is 4.47. The highest BCUT2D eigenvalue weighted by Gasteiger charge is 2.43. The maximum absolute atomic E-state index is 5.96. The summed E-state index contributed by atoms with van der Waals surface area (Å²) in [6.45, 7) is 3.04. The smallest absolute Gasteiger partial charge is 0.168 e. The van der Waals surface area contributed by atoms with Crippen LogP contribution in [0.3, 0.4) is 0 Å². The van der Waals surface area contributed by atoms with Crippen molar-refractivity contribution >= 4 is 15.9 Å². The molecule has 1 aliphatic heterocycles. The van der Waals surface area contributed by atoms with E-state index >= 15 is 0 Å². The Morgan fingerprint density at radius 1 is 1.36 bits per heavy atom. The molecule has 1 heterocycles. The Morgan fingerprint density at radius 2 is 2.07 bits per heavy atom. The highest BCUT2D eigenvalue weighted by Crippen LogP contribution is 2.41. The van der Waals surface area contributed by atoms with E-state index in [4.69, 9.17) is 9.47 Å². The van der Waals surface area contributed by atoms with Crippen molar-refractivity contribution in [2.75, 3.05) is 11.9 Å². The van der Waals surface area contributed by atoms with Gasteiger partial charge in [-0.05, 0) is 18.8 Å². The number of rotatable bonds is 2. The van der Waals surface area contributed by atoms with Gasteiger partial charge in [0.2, 0.25) is 0 Å². The van der Waals surface area contributed by atoms with Crippen molar-refractivity contribution in [3.63, 3.8) is 0 Å². The fourth-order valence-corrected chi connectivity index (χ4v) is 2.80. The Balaban J connectivity index is 1.87. The summed E-state index contributed by atoms with van der Waals surface area (Å²) < 4.78 is 11.8. The summed E-state index contributed by atoms with van der Waals surface area (Å²) in [6.07, 6.45) is 6.30. The molecule has 2 nitrogen and oxygen atoms in total. The Hall–Kier alpha value is 0.400. The first-order chi connectivity index (χ1) is 6.78. The standard InChI is InChI=1S/C11H19BrO2/c1-2-9-3-5-11(6-4-9)13-8-10(7-12)14-11/h9-10H,2-8H2,1H3. The minimum atomic E-state index is -0.204. The van der Waals surface area contributed by atoms with Crippen LogP contribution in [0, 0.1) is 5.92 Å². The average molecular weight is 263 g/mol. The molecule has 0 amide bonds. The fraction of sp³-hybridized carbons (Fsp3) is 1.00. The summed E-state index contributed by atoms with van der Waals surface area (Å²) in [6, 6.07) is 0. The third kappa shape index (κ3) is 2.15. The molecule has 0 aromatic carbocycles. The summed E-state index contributed by atoms with van der Waals surface area (Å²) in [4.78, 5) is 0. The van der Waals surface area contributed by atoms with E-state index in [2.05, 4.69) is 22.9 Å². The first kappa shape index (κ1) is 10.9. The van der Waals surface area contributed by atoms with E-state index in [0.717, 1.165) is 30.7 Å². The van der Waals surface area contributed by atoms with Crippen molar-refractivity contribution in [2.24, 2.45) is 5.92 Å². The summed E-state index contributed by atoms with van der Waals surface area (Å²) in [5.41, 5.74) is 0. The molecule has 2 fully saturated rings. The van der Waals surface area contributed by atoms with Crippen LogP contribution in [0.25, 0.3) is 0 Å². The zero-order valence-corrected chi connectivity index (χ0v) is 10.4. The molecular weight excluding hydrogens is 244 g/mol. The predicted molar refractivity (Wildman–Crippen MR) is 59.6 cm³/mol. The van der Waals surface area contributed by atoms with Gasteiger partial charge in [0.05, 0.1) is 12.7 Å². The van der Waals surface area contributed by atoms with E-state index < -0.39 is 0 Å². The topological polar surface area (TPSA) is 18.5 Å². The fourth-order valence-electron chi connectivity index (χ4n) is 2.48. The van der Waals surface area contributed by atoms with Crippen LogP contribution < -0.4 is 0 Å². The molecular formula is C11H19BrO2. The lowest BCUT2D eigenvalue weighted by Crippen LogP contribution is -2.35. The highest BCUT2D eigenvalue weighted by atomic mass is 79.9. The van der Waals surface area contributed by atoms with Crippen molar-refractivity contribution in [3.05, 3.63) is 0 Å². The number of ether oxygens (including phenoxy) is 2. The Labute approximate surface area is 94.5 Å². The van der Waals surface area contributed by atoms with Gasteiger partial charge in [-0.15, -0.1) is 0 Å². The Bertz CT molecular complexity index is 188. The minimum Gasteiger partial charge on any atom is -0.347 e. The molecule has 2 rings (SSSR count). The van der Waals surface area contributed by atoms with Crippen LogP contribution in [0.1, 0.15) is 39.0 Å². The van der Waals surface area contributed by atoms with Crippen LogP contribution in [0.2, 0.25) is 0 Å². The molecule has 0 bridgehead atoms. The maximum Gasteiger partial charge on any atom is 0.168 e. The van der Waals surface area contributed by atoms with Gasteiger partial charge < -0.3 is 9.47 Å². The second-order valence-corrected chi connectivity index (χ2v) is 5.11. The number of alkyl halides is 1. The minimum absolute atomic E-state index is 0.204. The molecule has 1 saturated heterocycles. The molecule has 1 saturated carbocycles. The van der Waals surface area contributed by atoms with E-state index in [1.807, 2.05) is 0 Å². The van der Waals surface area contributed by atoms with Gasteiger partial charge in [0.25, 0.3) is 0 Å². The van der Waals surface area contributed by atoms with Crippen molar-refractivity contribution in [3.8, 4) is 0 Å². The molecule has 0 radical (unpaired) electrons. The third-order valence-corrected chi connectivity index (χ3v) is 4.25. The van der Waals surface area contributed by atoms with Crippen molar-refractivity contribution in [1.29, 1.82) is 0 Å². The largest absolute Gasteiger partial charge is 0.347 e. The van der Waals surface area contributed by atoms with Gasteiger partial charge in [0.15, 0.2) is 5.79 Å². The molecule has 2 aliphatic rings. The van der Waals surface area contributed by atoms with Gasteiger partial charge in [-0.2, -0.15) is 0 Å². The molecule has 14 heavy (non-hydrogen) atoms. The predicted octanol–water partition coefficient (Wildman–Crippen LogP) is 3.09. The molecule has 1 atom stereocenters. The highest BCUT2D eigenvalue weighted by molar-refractivity contribution is 9.09. The lowest BCUT2D eigenvalue weighted by Gasteiger charge is -2.35. The number of hydrogen-bond donors (Lipinski definition) is 0. The summed E-state index contributed by atoms with van der Waals surface area (Å²) in [5, 5.41) is 0.895. The first-order valence-corrected chi connectivity index (χ1v) is 6.78. The van der Waals surface area contributed by atoms with Crippen LogP contribution in [-0.2, 0) is 9.47 Å². The van der Waals surface area contributed by atoms with E-state index in [0.29, 0.717) is 0 Å². The van der Waals surface area contributed by atoms with Gasteiger partial charge in [0.1, 0.15) is 0 Å². The van der Waals surface area contributed by atoms with Gasteiger partial charge in [-0.3, -0.25) is 0 Å². The Kier molecular flexibility index (Phi) is 3.50. The zero-order valence-electron chi connectivity index (χ0n) is 8.80. The quantitative estimate of drug-likeness (QED) is 0.713. The van der Waals surface area contributed by atoms with Crippen LogP contribution >= 0.6 is 15.9 Å².